The van der Waals surface area contributed by atoms with Crippen LogP contribution in [0.5, 0.6) is 5.75 Å². The fourth-order valence-corrected chi connectivity index (χ4v) is 4.41. The highest BCUT2D eigenvalue weighted by atomic mass is 32.1. The largest absolute Gasteiger partial charge is 0.507 e. The number of hydrogen-bond donors (Lipinski definition) is 1. The van der Waals surface area contributed by atoms with Crippen LogP contribution >= 0.6 is 22.7 Å². The van der Waals surface area contributed by atoms with Gasteiger partial charge in [-0.3, -0.25) is 14.9 Å². The molecule has 1 aliphatic rings. The van der Waals surface area contributed by atoms with E-state index in [1.54, 1.807) is 12.1 Å². The number of amides is 1. The standard InChI is InChI=1S/C18H13N3O4S2/c22-15-6-5-11(21(24)25)9-12(15)13-10-14(16-3-1-7-26-16)20(19-13)18(23)17-4-2-8-27-17/h1-9,14,22H,10H2/t14-/m1/s1. The lowest BCUT2D eigenvalue weighted by atomic mass is 10.0. The summed E-state index contributed by atoms with van der Waals surface area (Å²) in [7, 11) is 0. The molecule has 1 amide bonds. The van der Waals surface area contributed by atoms with Crippen molar-refractivity contribution < 1.29 is 14.8 Å². The van der Waals surface area contributed by atoms with Crippen LogP contribution in [0.4, 0.5) is 5.69 Å². The number of rotatable bonds is 4. The van der Waals surface area contributed by atoms with E-state index in [0.29, 0.717) is 17.0 Å². The van der Waals surface area contributed by atoms with Crippen LogP contribution < -0.4 is 0 Å². The number of nitrogens with zero attached hydrogens (tertiary/aromatic N) is 3. The number of carbonyl (C=O) groups excluding carboxylic acids is 1. The van der Waals surface area contributed by atoms with Crippen LogP contribution in [-0.4, -0.2) is 26.7 Å². The zero-order valence-corrected chi connectivity index (χ0v) is 15.4. The summed E-state index contributed by atoms with van der Waals surface area (Å²) >= 11 is 2.84. The summed E-state index contributed by atoms with van der Waals surface area (Å²) in [6, 6.07) is 10.8. The van der Waals surface area contributed by atoms with Crippen molar-refractivity contribution in [3.8, 4) is 5.75 Å². The second-order valence-electron chi connectivity index (χ2n) is 5.87. The van der Waals surface area contributed by atoms with E-state index in [1.807, 2.05) is 22.9 Å². The summed E-state index contributed by atoms with van der Waals surface area (Å²) in [6.45, 7) is 0. The Kier molecular flexibility index (Phi) is 4.46. The second kappa shape index (κ2) is 6.93. The number of phenols is 1. The maximum atomic E-state index is 12.9. The van der Waals surface area contributed by atoms with Crippen LogP contribution in [0.1, 0.15) is 32.6 Å². The highest BCUT2D eigenvalue weighted by Crippen LogP contribution is 2.38. The Hall–Kier alpha value is -3.04. The third-order valence-corrected chi connectivity index (χ3v) is 6.06. The minimum atomic E-state index is -0.524. The third-order valence-electron chi connectivity index (χ3n) is 4.22. The van der Waals surface area contributed by atoms with Crippen molar-refractivity contribution in [1.82, 2.24) is 5.01 Å². The van der Waals surface area contributed by atoms with Crippen LogP contribution in [0.25, 0.3) is 0 Å². The Morgan fingerprint density at radius 1 is 1.22 bits per heavy atom. The van der Waals surface area contributed by atoms with Gasteiger partial charge in [-0.2, -0.15) is 5.10 Å². The van der Waals surface area contributed by atoms with Gasteiger partial charge in [0, 0.05) is 29.0 Å². The molecule has 3 aromatic rings. The van der Waals surface area contributed by atoms with Crippen molar-refractivity contribution in [3.05, 3.63) is 78.7 Å². The average molecular weight is 399 g/mol. The molecule has 0 unspecified atom stereocenters. The Labute approximate surface area is 162 Å². The molecule has 0 saturated carbocycles. The second-order valence-corrected chi connectivity index (χ2v) is 7.79. The van der Waals surface area contributed by atoms with Crippen LogP contribution in [0.3, 0.4) is 0 Å². The van der Waals surface area contributed by atoms with E-state index in [2.05, 4.69) is 5.10 Å². The molecule has 0 aliphatic carbocycles. The van der Waals surface area contributed by atoms with E-state index in [1.165, 1.54) is 45.9 Å². The van der Waals surface area contributed by atoms with E-state index in [0.717, 1.165) is 4.88 Å². The number of phenolic OH excluding ortho intramolecular Hbond substituents is 1. The number of hydrazone groups is 1. The van der Waals surface area contributed by atoms with Gasteiger partial charge in [-0.05, 0) is 29.0 Å². The summed E-state index contributed by atoms with van der Waals surface area (Å²) in [5.74, 6) is -0.335. The third kappa shape index (κ3) is 3.22. The van der Waals surface area contributed by atoms with Crippen LogP contribution in [0.15, 0.2) is 58.3 Å². The van der Waals surface area contributed by atoms with Crippen molar-refractivity contribution >= 4 is 40.0 Å². The molecule has 4 rings (SSSR count). The molecule has 0 bridgehead atoms. The summed E-state index contributed by atoms with van der Waals surface area (Å²) in [5, 5.41) is 30.9. The van der Waals surface area contributed by atoms with E-state index in [4.69, 9.17) is 0 Å². The molecule has 3 heterocycles. The van der Waals surface area contributed by atoms with Gasteiger partial charge in [0.2, 0.25) is 0 Å². The van der Waals surface area contributed by atoms with Crippen molar-refractivity contribution in [2.45, 2.75) is 12.5 Å². The van der Waals surface area contributed by atoms with Crippen molar-refractivity contribution in [1.29, 1.82) is 0 Å². The number of nitro benzene ring substituents is 1. The molecular formula is C18H13N3O4S2. The molecule has 1 aliphatic heterocycles. The lowest BCUT2D eigenvalue weighted by Crippen LogP contribution is -2.25. The van der Waals surface area contributed by atoms with Gasteiger partial charge in [0.1, 0.15) is 5.75 Å². The number of nitro groups is 1. The fourth-order valence-electron chi connectivity index (χ4n) is 2.94. The smallest absolute Gasteiger partial charge is 0.284 e. The normalized spacial score (nSPS) is 16.4. The first-order chi connectivity index (χ1) is 13.0. The number of aromatic hydroxyl groups is 1. The minimum Gasteiger partial charge on any atom is -0.507 e. The highest BCUT2D eigenvalue weighted by Gasteiger charge is 2.35. The molecule has 9 heteroatoms. The van der Waals surface area contributed by atoms with Gasteiger partial charge >= 0.3 is 0 Å². The van der Waals surface area contributed by atoms with Gasteiger partial charge in [0.25, 0.3) is 11.6 Å². The van der Waals surface area contributed by atoms with E-state index >= 15 is 0 Å². The average Bonchev–Trinajstić information content (AvgIpc) is 3.41. The summed E-state index contributed by atoms with van der Waals surface area (Å²) in [6.07, 6.45) is 0.367. The molecule has 0 radical (unpaired) electrons. The maximum Gasteiger partial charge on any atom is 0.284 e. The van der Waals surface area contributed by atoms with E-state index < -0.39 is 4.92 Å². The molecule has 136 valence electrons. The van der Waals surface area contributed by atoms with E-state index in [-0.39, 0.29) is 28.9 Å². The molecule has 1 aromatic carbocycles. The summed E-state index contributed by atoms with van der Waals surface area (Å²) < 4.78 is 0. The first-order valence-electron chi connectivity index (χ1n) is 8.00. The van der Waals surface area contributed by atoms with Gasteiger partial charge < -0.3 is 5.11 Å². The Balaban J connectivity index is 1.76. The fraction of sp³-hybridized carbons (Fsp3) is 0.111. The molecule has 0 fully saturated rings. The molecular weight excluding hydrogens is 386 g/mol. The minimum absolute atomic E-state index is 0.102. The van der Waals surface area contributed by atoms with Gasteiger partial charge in [0.05, 0.1) is 21.6 Å². The lowest BCUT2D eigenvalue weighted by molar-refractivity contribution is -0.384. The van der Waals surface area contributed by atoms with Crippen LogP contribution in [-0.2, 0) is 0 Å². The predicted octanol–water partition coefficient (Wildman–Crippen LogP) is 4.41. The number of non-ortho nitro benzene ring substituents is 1. The Morgan fingerprint density at radius 3 is 2.67 bits per heavy atom. The van der Waals surface area contributed by atoms with Crippen molar-refractivity contribution in [2.24, 2.45) is 5.10 Å². The summed E-state index contributed by atoms with van der Waals surface area (Å²) in [4.78, 5) is 25.0. The zero-order valence-electron chi connectivity index (χ0n) is 13.8. The molecule has 1 N–H and O–H groups in total. The lowest BCUT2D eigenvalue weighted by Gasteiger charge is -2.19. The van der Waals surface area contributed by atoms with E-state index in [9.17, 15) is 20.0 Å². The predicted molar refractivity (Wildman–Crippen MR) is 103 cm³/mol. The van der Waals surface area contributed by atoms with Crippen molar-refractivity contribution in [3.63, 3.8) is 0 Å². The van der Waals surface area contributed by atoms with Crippen LogP contribution in [0, 0.1) is 10.1 Å². The first kappa shape index (κ1) is 17.4. The highest BCUT2D eigenvalue weighted by molar-refractivity contribution is 7.12. The zero-order chi connectivity index (χ0) is 19.0. The number of hydrogen-bond acceptors (Lipinski definition) is 7. The first-order valence-corrected chi connectivity index (χ1v) is 9.76. The van der Waals surface area contributed by atoms with Gasteiger partial charge in [0.15, 0.2) is 0 Å². The topological polar surface area (TPSA) is 96.0 Å². The Bertz CT molecular complexity index is 1030. The van der Waals surface area contributed by atoms with Crippen molar-refractivity contribution in [2.75, 3.05) is 0 Å². The molecule has 0 saturated heterocycles. The molecule has 7 nitrogen and oxygen atoms in total. The summed E-state index contributed by atoms with van der Waals surface area (Å²) in [5.41, 5.74) is 0.577. The molecule has 2 aromatic heterocycles. The number of benzene rings is 1. The Morgan fingerprint density at radius 2 is 2.00 bits per heavy atom. The van der Waals surface area contributed by atoms with Gasteiger partial charge in [-0.25, -0.2) is 5.01 Å². The van der Waals surface area contributed by atoms with Crippen LogP contribution in [0.2, 0.25) is 0 Å². The monoisotopic (exact) mass is 399 g/mol. The molecule has 27 heavy (non-hydrogen) atoms. The maximum absolute atomic E-state index is 12.9. The number of thiophene rings is 2. The molecule has 0 spiro atoms. The number of carbonyl (C=O) groups is 1. The molecule has 1 atom stereocenters. The quantitative estimate of drug-likeness (QED) is 0.519. The SMILES string of the molecule is O=C(c1cccs1)N1N=C(c2cc([N+](=O)[O-])ccc2O)C[C@@H]1c1cccs1. The van der Waals surface area contributed by atoms with Gasteiger partial charge in [-0.1, -0.05) is 12.1 Å². The van der Waals surface area contributed by atoms with Gasteiger partial charge in [-0.15, -0.1) is 22.7 Å².